The van der Waals surface area contributed by atoms with Crippen molar-refractivity contribution in [3.8, 4) is 0 Å². The second-order valence-electron chi connectivity index (χ2n) is 5.63. The Kier molecular flexibility index (Phi) is 8.43. The van der Waals surface area contributed by atoms with Gasteiger partial charge in [-0.2, -0.15) is 0 Å². The van der Waals surface area contributed by atoms with Crippen LogP contribution in [0.4, 0.5) is 4.79 Å². The minimum Gasteiger partial charge on any atom is -0.473 e. The molecule has 2 atom stereocenters. The molecule has 0 aromatic heterocycles. The summed E-state index contributed by atoms with van der Waals surface area (Å²) in [4.78, 5) is 29.8. The molecule has 0 aromatic rings. The van der Waals surface area contributed by atoms with Gasteiger partial charge in [0.05, 0.1) is 12.1 Å². The Balaban J connectivity index is 0.000000626. The molecule has 0 saturated carbocycles. The molecule has 1 rings (SSSR count). The molecule has 1 saturated heterocycles. The monoisotopic (exact) mass is 320 g/mol. The van der Waals surface area contributed by atoms with E-state index in [1.54, 1.807) is 7.11 Å². The van der Waals surface area contributed by atoms with Crippen LogP contribution in [0.15, 0.2) is 0 Å². The third-order valence-corrected chi connectivity index (χ3v) is 2.61. The van der Waals surface area contributed by atoms with E-state index in [1.165, 1.54) is 0 Å². The highest BCUT2D eigenvalue weighted by Crippen LogP contribution is 2.10. The van der Waals surface area contributed by atoms with Crippen molar-refractivity contribution in [3.05, 3.63) is 0 Å². The first-order valence-electron chi connectivity index (χ1n) is 6.76. The van der Waals surface area contributed by atoms with Gasteiger partial charge in [0.2, 0.25) is 0 Å². The molecular formula is C13H24N2O7. The van der Waals surface area contributed by atoms with Crippen LogP contribution in [0.25, 0.3) is 0 Å². The summed E-state index contributed by atoms with van der Waals surface area (Å²) in [7, 11) is 1.65. The lowest BCUT2D eigenvalue weighted by molar-refractivity contribution is -0.159. The van der Waals surface area contributed by atoms with Crippen LogP contribution < -0.4 is 10.6 Å². The lowest BCUT2D eigenvalue weighted by Crippen LogP contribution is -2.54. The average Bonchev–Trinajstić information content (AvgIpc) is 2.37. The third kappa shape index (κ3) is 9.14. The van der Waals surface area contributed by atoms with E-state index in [0.29, 0.717) is 0 Å². The summed E-state index contributed by atoms with van der Waals surface area (Å²) in [6.45, 7) is 7.20. The molecule has 0 aromatic carbocycles. The van der Waals surface area contributed by atoms with Gasteiger partial charge in [0.15, 0.2) is 0 Å². The summed E-state index contributed by atoms with van der Waals surface area (Å²) in [6, 6.07) is 0.0288. The molecule has 0 radical (unpaired) electrons. The molecule has 0 aliphatic carbocycles. The third-order valence-electron chi connectivity index (χ3n) is 2.61. The first-order chi connectivity index (χ1) is 10.1. The Morgan fingerprint density at radius 1 is 1.18 bits per heavy atom. The number of alkyl carbamates (subject to hydrolysis) is 1. The fourth-order valence-electron chi connectivity index (χ4n) is 1.70. The highest BCUT2D eigenvalue weighted by molar-refractivity contribution is 6.27. The molecule has 128 valence electrons. The van der Waals surface area contributed by atoms with Crippen molar-refractivity contribution >= 4 is 18.0 Å². The zero-order valence-electron chi connectivity index (χ0n) is 13.2. The van der Waals surface area contributed by atoms with Crippen LogP contribution in [0.1, 0.15) is 27.2 Å². The number of nitrogens with one attached hydrogen (secondary N) is 2. The first kappa shape index (κ1) is 20.1. The number of carboxylic acid groups (broad SMARTS) is 2. The summed E-state index contributed by atoms with van der Waals surface area (Å²) in [5, 5.41) is 20.9. The zero-order valence-corrected chi connectivity index (χ0v) is 13.2. The number of methoxy groups -OCH3 is 1. The van der Waals surface area contributed by atoms with Crippen LogP contribution >= 0.6 is 0 Å². The van der Waals surface area contributed by atoms with Gasteiger partial charge in [-0.05, 0) is 33.7 Å². The lowest BCUT2D eigenvalue weighted by atomic mass is 10.0. The van der Waals surface area contributed by atoms with Crippen LogP contribution in [0.3, 0.4) is 0 Å². The number of carboxylic acids is 2. The standard InChI is InChI=1S/C11H22N2O3.C2H2O4/c1-11(2,3)16-10(14)13-8-5-6-12-7-9(8)15-4;3-1(4)2(5)6/h8-9,12H,5-7H2,1-4H3,(H,13,14);(H,3,4)(H,5,6)/t8-,9+;/m1./s1. The topological polar surface area (TPSA) is 134 Å². The SMILES string of the molecule is CO[C@H]1CNCC[C@H]1NC(=O)OC(C)(C)C.O=C(O)C(=O)O. The average molecular weight is 320 g/mol. The van der Waals surface area contributed by atoms with E-state index in [2.05, 4.69) is 10.6 Å². The predicted molar refractivity (Wildman–Crippen MR) is 76.7 cm³/mol. The number of piperidine rings is 1. The number of aliphatic carboxylic acids is 2. The largest absolute Gasteiger partial charge is 0.473 e. The van der Waals surface area contributed by atoms with E-state index >= 15 is 0 Å². The molecule has 0 unspecified atom stereocenters. The second-order valence-corrected chi connectivity index (χ2v) is 5.63. The number of rotatable bonds is 2. The molecular weight excluding hydrogens is 296 g/mol. The van der Waals surface area contributed by atoms with Gasteiger partial charge in [-0.1, -0.05) is 0 Å². The van der Waals surface area contributed by atoms with Gasteiger partial charge in [-0.3, -0.25) is 0 Å². The Morgan fingerprint density at radius 2 is 1.73 bits per heavy atom. The van der Waals surface area contributed by atoms with E-state index in [9.17, 15) is 4.79 Å². The van der Waals surface area contributed by atoms with Crippen molar-refractivity contribution in [1.29, 1.82) is 0 Å². The summed E-state index contributed by atoms with van der Waals surface area (Å²) in [5.41, 5.74) is -0.459. The molecule has 1 aliphatic heterocycles. The molecule has 4 N–H and O–H groups in total. The summed E-state index contributed by atoms with van der Waals surface area (Å²) in [5.74, 6) is -3.65. The smallest absolute Gasteiger partial charge is 0.414 e. The van der Waals surface area contributed by atoms with E-state index in [4.69, 9.17) is 29.3 Å². The van der Waals surface area contributed by atoms with Gasteiger partial charge in [0.1, 0.15) is 5.60 Å². The van der Waals surface area contributed by atoms with E-state index in [-0.39, 0.29) is 18.2 Å². The van der Waals surface area contributed by atoms with Crippen molar-refractivity contribution in [1.82, 2.24) is 10.6 Å². The highest BCUT2D eigenvalue weighted by Gasteiger charge is 2.27. The number of ether oxygens (including phenoxy) is 2. The normalized spacial score (nSPS) is 21.1. The van der Waals surface area contributed by atoms with Crippen molar-refractivity contribution in [3.63, 3.8) is 0 Å². The van der Waals surface area contributed by atoms with Gasteiger partial charge >= 0.3 is 18.0 Å². The quantitative estimate of drug-likeness (QED) is 0.524. The maximum absolute atomic E-state index is 11.6. The number of amides is 1. The van der Waals surface area contributed by atoms with E-state index < -0.39 is 17.5 Å². The maximum Gasteiger partial charge on any atom is 0.414 e. The molecule has 1 fully saturated rings. The second kappa shape index (κ2) is 9.21. The zero-order chi connectivity index (χ0) is 17.3. The van der Waals surface area contributed by atoms with Crippen LogP contribution in [0, 0.1) is 0 Å². The molecule has 0 bridgehead atoms. The van der Waals surface area contributed by atoms with Crippen LogP contribution in [-0.2, 0) is 19.1 Å². The van der Waals surface area contributed by atoms with Gasteiger partial charge in [0, 0.05) is 13.7 Å². The predicted octanol–water partition coefficient (Wildman–Crippen LogP) is 0.0436. The molecule has 9 heteroatoms. The lowest BCUT2D eigenvalue weighted by Gasteiger charge is -2.32. The Morgan fingerprint density at radius 3 is 2.14 bits per heavy atom. The fourth-order valence-corrected chi connectivity index (χ4v) is 1.70. The maximum atomic E-state index is 11.6. The van der Waals surface area contributed by atoms with Crippen molar-refractivity contribution in [2.24, 2.45) is 0 Å². The van der Waals surface area contributed by atoms with Gasteiger partial charge in [-0.25, -0.2) is 14.4 Å². The first-order valence-corrected chi connectivity index (χ1v) is 6.76. The van der Waals surface area contributed by atoms with Crippen LogP contribution in [0.5, 0.6) is 0 Å². The van der Waals surface area contributed by atoms with Crippen molar-refractivity contribution in [2.75, 3.05) is 20.2 Å². The summed E-state index contributed by atoms with van der Waals surface area (Å²) < 4.78 is 10.5. The van der Waals surface area contributed by atoms with E-state index in [1.807, 2.05) is 20.8 Å². The highest BCUT2D eigenvalue weighted by atomic mass is 16.6. The fraction of sp³-hybridized carbons (Fsp3) is 0.769. The molecule has 1 heterocycles. The summed E-state index contributed by atoms with van der Waals surface area (Å²) >= 11 is 0. The Hall–Kier alpha value is -1.87. The van der Waals surface area contributed by atoms with Gasteiger partial charge in [-0.15, -0.1) is 0 Å². The van der Waals surface area contributed by atoms with Crippen molar-refractivity contribution < 1.29 is 34.1 Å². The minimum absolute atomic E-state index is 0.0151. The van der Waals surface area contributed by atoms with Gasteiger partial charge in [0.25, 0.3) is 0 Å². The molecule has 9 nitrogen and oxygen atoms in total. The van der Waals surface area contributed by atoms with Gasteiger partial charge < -0.3 is 30.3 Å². The summed E-state index contributed by atoms with van der Waals surface area (Å²) in [6.07, 6.45) is 0.500. The van der Waals surface area contributed by atoms with E-state index in [0.717, 1.165) is 19.5 Å². The number of hydrogen-bond acceptors (Lipinski definition) is 6. The van der Waals surface area contributed by atoms with Crippen LogP contribution in [0.2, 0.25) is 0 Å². The molecule has 22 heavy (non-hydrogen) atoms. The number of carbonyl (C=O) groups excluding carboxylic acids is 1. The number of carbonyl (C=O) groups is 3. The Bertz CT molecular complexity index is 380. The Labute approximate surface area is 129 Å². The minimum atomic E-state index is -1.82. The molecule has 0 spiro atoms. The number of hydrogen-bond donors (Lipinski definition) is 4. The molecule has 1 aliphatic rings. The molecule has 1 amide bonds. The van der Waals surface area contributed by atoms with Crippen molar-refractivity contribution in [2.45, 2.75) is 44.9 Å². The van der Waals surface area contributed by atoms with Crippen LogP contribution in [-0.4, -0.2) is 66.2 Å².